The van der Waals surface area contributed by atoms with Crippen LogP contribution < -0.4 is 36.1 Å². The number of nitrogens with two attached hydrogens (primary N) is 1. The van der Waals surface area contributed by atoms with Crippen molar-refractivity contribution < 1.29 is 71.9 Å². The molecule has 0 aliphatic carbocycles. The highest BCUT2D eigenvalue weighted by Gasteiger charge is 2.64. The summed E-state index contributed by atoms with van der Waals surface area (Å²) in [6, 6.07) is 6.41. The van der Waals surface area contributed by atoms with E-state index < -0.39 is 89.8 Å². The van der Waals surface area contributed by atoms with Crippen LogP contribution in [0.3, 0.4) is 0 Å². The molecule has 0 radical (unpaired) electrons. The number of fused-ring (bicyclic) bond motifs is 5. The second-order valence-electron chi connectivity index (χ2n) is 23.3. The molecule has 20 nitrogen and oxygen atoms in total. The highest BCUT2D eigenvalue weighted by Crippen LogP contribution is 2.50. The number of halogens is 1. The molecule has 2 aromatic rings. The first-order valence-electron chi connectivity index (χ1n) is 29.5. The smallest absolute Gasteiger partial charge is 0.412 e. The van der Waals surface area contributed by atoms with Crippen LogP contribution in [0, 0.1) is 23.7 Å². The number of urea groups is 1. The largest absolute Gasteiger partial charge is 0.496 e. The molecule has 84 heavy (non-hydrogen) atoms. The number of amides is 5. The fourth-order valence-electron chi connectivity index (χ4n) is 11.4. The normalized spacial score (nSPS) is 24.3. The van der Waals surface area contributed by atoms with E-state index in [2.05, 4.69) is 16.0 Å². The summed E-state index contributed by atoms with van der Waals surface area (Å²) < 4.78 is 35.4. The van der Waals surface area contributed by atoms with Crippen molar-refractivity contribution in [3.05, 3.63) is 70.3 Å². The van der Waals surface area contributed by atoms with Gasteiger partial charge in [-0.3, -0.25) is 34.1 Å². The van der Waals surface area contributed by atoms with Gasteiger partial charge >= 0.3 is 18.1 Å². The van der Waals surface area contributed by atoms with Gasteiger partial charge in [0.1, 0.15) is 57.6 Å². The van der Waals surface area contributed by atoms with Gasteiger partial charge in [0.25, 0.3) is 0 Å². The van der Waals surface area contributed by atoms with Crippen molar-refractivity contribution in [3.8, 4) is 11.5 Å². The van der Waals surface area contributed by atoms with Crippen LogP contribution in [0.15, 0.2) is 54.1 Å². The number of nitrogens with one attached hydrogen (secondary N) is 3. The highest BCUT2D eigenvalue weighted by atomic mass is 35.5. The number of carbonyl (C=O) groups excluding carboxylic acids is 8. The van der Waals surface area contributed by atoms with E-state index in [1.165, 1.54) is 38.4 Å². The molecule has 2 aromatic carbocycles. The van der Waals surface area contributed by atoms with Crippen molar-refractivity contribution in [1.29, 1.82) is 0 Å². The number of unbranched alkanes of at least 4 members (excludes halogenated alkanes) is 3. The maximum absolute atomic E-state index is 14.5. The van der Waals surface area contributed by atoms with E-state index in [0.717, 1.165) is 43.2 Å². The Hall–Kier alpha value is -6.35. The predicted octanol–water partition coefficient (Wildman–Crippen LogP) is 9.25. The standard InChI is InChI=1S/C63H90ClN5O15/c1-12-41(13-2)48(71)23-17-15-14-16-21-44(70)33-45(37(3)4)59(75)68-46(22-19-27-66-60(65)76)49(72)31-42-25-26-43(32-50(42)79-9)67-61(77)83-54-34-55(73)69(8)47-29-40(30-51(80-10)57(47)64)28-38(5)20-18-24-53(81-11)63(78)35-52(82-56(74)36-63)39(6)58-62(54,7)84-58/h18,20,24-26,29-30,32,37,39,41,45-46,52-54,58,78H,12-17,19,21-23,27-28,31,33-36H2,1-11H3,(H,67,77)(H,68,75)(H3,65,66,76)/b24-18+,38-20+/t39-,45+,46+,52+,53-,54+,58+,62+,63-/m1/s1. The van der Waals surface area contributed by atoms with Crippen LogP contribution in [0.2, 0.25) is 5.02 Å². The molecule has 6 N–H and O–H groups in total. The maximum atomic E-state index is 14.5. The molecule has 5 amide bonds. The zero-order valence-electron chi connectivity index (χ0n) is 50.9. The van der Waals surface area contributed by atoms with Crippen LogP contribution in [0.5, 0.6) is 11.5 Å². The molecule has 21 heteroatoms. The first-order valence-corrected chi connectivity index (χ1v) is 29.8. The minimum absolute atomic E-state index is 0.000534. The number of anilines is 2. The number of primary amides is 1. The Morgan fingerprint density at radius 2 is 1.63 bits per heavy atom. The number of carbonyl (C=O) groups is 8. The molecule has 4 bridgehead atoms. The Morgan fingerprint density at radius 3 is 2.27 bits per heavy atom. The quantitative estimate of drug-likeness (QED) is 0.0317. The van der Waals surface area contributed by atoms with Crippen molar-refractivity contribution in [2.75, 3.05) is 45.1 Å². The number of ether oxygens (including phenoxy) is 6. The second-order valence-corrected chi connectivity index (χ2v) is 23.7. The molecule has 464 valence electrons. The molecule has 3 aliphatic heterocycles. The van der Waals surface area contributed by atoms with E-state index in [1.807, 2.05) is 40.7 Å². The fraction of sp³-hybridized carbons (Fsp3) is 0.619. The number of allylic oxidation sites excluding steroid dienone is 3. The van der Waals surface area contributed by atoms with Gasteiger partial charge in [-0.15, -0.1) is 0 Å². The number of Topliss-reactive ketones (excluding diaryl/α,β-unsaturated/α-hetero) is 3. The number of aliphatic hydroxyl groups is 1. The van der Waals surface area contributed by atoms with Gasteiger partial charge in [0.05, 0.1) is 44.9 Å². The number of ketones is 3. The SMILES string of the molecule is CCC(CC)C(=O)CCCCCCC(=O)C[C@H](C(=O)N[C@@H](CCCNC(N)=O)C(=O)Cc1ccc(NC(=O)O[C@H]2CC(=O)N(C)c3cc(cc(OC)c3Cl)C/C(C)=C/C=C/[C@@H](OC)[C@]3(O)CC(=O)O[C@@H](C3)[C@@H](C)[C@@H]3O[C@@]23C)cc1OC)C(C)C. The Bertz CT molecular complexity index is 2730. The second kappa shape index (κ2) is 31.7. The number of nitrogens with zero attached hydrogens (tertiary/aromatic N) is 1. The van der Waals surface area contributed by atoms with Gasteiger partial charge in [0.15, 0.2) is 5.78 Å². The van der Waals surface area contributed by atoms with Crippen LogP contribution in [0.25, 0.3) is 0 Å². The topological polar surface area (TPSA) is 281 Å². The highest BCUT2D eigenvalue weighted by molar-refractivity contribution is 6.35. The molecule has 0 aromatic heterocycles. The van der Waals surface area contributed by atoms with Crippen molar-refractivity contribution in [1.82, 2.24) is 10.6 Å². The van der Waals surface area contributed by atoms with Gasteiger partial charge in [-0.2, -0.15) is 0 Å². The molecule has 0 unspecified atom stereocenters. The molecule has 2 fully saturated rings. The van der Waals surface area contributed by atoms with Gasteiger partial charge in [-0.05, 0) is 88.5 Å². The number of hydrogen-bond donors (Lipinski definition) is 5. The van der Waals surface area contributed by atoms with Crippen LogP contribution >= 0.6 is 11.6 Å². The Labute approximate surface area is 500 Å². The van der Waals surface area contributed by atoms with Gasteiger partial charge in [-0.1, -0.05) is 88.9 Å². The van der Waals surface area contributed by atoms with Crippen LogP contribution in [-0.2, 0) is 60.6 Å². The van der Waals surface area contributed by atoms with Crippen LogP contribution in [0.1, 0.15) is 149 Å². The summed E-state index contributed by atoms with van der Waals surface area (Å²) in [5.74, 6) is -2.59. The summed E-state index contributed by atoms with van der Waals surface area (Å²) in [5, 5.41) is 20.3. The van der Waals surface area contributed by atoms with E-state index in [-0.39, 0.29) is 78.5 Å². The third-order valence-corrected chi connectivity index (χ3v) is 17.1. The average molecular weight is 1190 g/mol. The van der Waals surface area contributed by atoms with Crippen molar-refractivity contribution in [3.63, 3.8) is 0 Å². The molecule has 0 spiro atoms. The van der Waals surface area contributed by atoms with E-state index in [4.69, 9.17) is 45.8 Å². The monoisotopic (exact) mass is 1190 g/mol. The fourth-order valence-corrected chi connectivity index (χ4v) is 11.7. The number of benzene rings is 2. The first-order chi connectivity index (χ1) is 39.8. The number of methoxy groups -OCH3 is 3. The van der Waals surface area contributed by atoms with Gasteiger partial charge < -0.3 is 54.8 Å². The molecule has 3 heterocycles. The zero-order valence-corrected chi connectivity index (χ0v) is 51.7. The van der Waals surface area contributed by atoms with Gasteiger partial charge in [-0.25, -0.2) is 9.59 Å². The number of hydrogen-bond acceptors (Lipinski definition) is 15. The minimum atomic E-state index is -1.65. The zero-order chi connectivity index (χ0) is 62.1. The number of esters is 1. The van der Waals surface area contributed by atoms with Crippen LogP contribution in [-0.4, -0.2) is 129 Å². The Morgan fingerprint density at radius 1 is 0.940 bits per heavy atom. The van der Waals surface area contributed by atoms with E-state index in [0.29, 0.717) is 54.9 Å². The van der Waals surface area contributed by atoms with Gasteiger partial charge in [0, 0.05) is 87.9 Å². The first kappa shape index (κ1) is 68.4. The van der Waals surface area contributed by atoms with Crippen molar-refractivity contribution >= 4 is 70.2 Å². The Balaban J connectivity index is 1.33. The summed E-state index contributed by atoms with van der Waals surface area (Å²) >= 11 is 6.86. The molecule has 3 aliphatic rings. The number of rotatable bonds is 27. The average Bonchev–Trinajstić information content (AvgIpc) is 1.77. The summed E-state index contributed by atoms with van der Waals surface area (Å²) in [6.07, 6.45) is 6.13. The molecular weight excluding hydrogens is 1100 g/mol. The minimum Gasteiger partial charge on any atom is -0.496 e. The predicted molar refractivity (Wildman–Crippen MR) is 319 cm³/mol. The third-order valence-electron chi connectivity index (χ3n) is 16.7. The van der Waals surface area contributed by atoms with E-state index >= 15 is 0 Å². The van der Waals surface area contributed by atoms with E-state index in [1.54, 1.807) is 51.2 Å². The number of epoxide rings is 1. The van der Waals surface area contributed by atoms with Gasteiger partial charge in [0.2, 0.25) is 11.8 Å². The van der Waals surface area contributed by atoms with Crippen LogP contribution in [0.4, 0.5) is 21.0 Å². The Kier molecular flexibility index (Phi) is 25.8. The molecular formula is C63H90ClN5O15. The maximum Gasteiger partial charge on any atom is 0.412 e. The summed E-state index contributed by atoms with van der Waals surface area (Å²) in [4.78, 5) is 109. The third kappa shape index (κ3) is 18.8. The van der Waals surface area contributed by atoms with E-state index in [9.17, 15) is 43.5 Å². The lowest BCUT2D eigenvalue weighted by Crippen LogP contribution is -2.53. The lowest BCUT2D eigenvalue weighted by atomic mass is 9.78. The molecule has 9 atom stereocenters. The lowest BCUT2D eigenvalue weighted by Gasteiger charge is -2.41. The molecule has 0 saturated carbocycles. The molecule has 2 saturated heterocycles. The lowest BCUT2D eigenvalue weighted by molar-refractivity contribution is -0.187. The molecule has 5 rings (SSSR count). The summed E-state index contributed by atoms with van der Waals surface area (Å²) in [6.45, 7) is 13.3. The summed E-state index contributed by atoms with van der Waals surface area (Å²) in [5.41, 5.74) is 4.99. The van der Waals surface area contributed by atoms with Crippen molar-refractivity contribution in [2.24, 2.45) is 29.4 Å². The summed E-state index contributed by atoms with van der Waals surface area (Å²) in [7, 11) is 5.87. The van der Waals surface area contributed by atoms with Crippen molar-refractivity contribution in [2.45, 2.75) is 193 Å².